The Hall–Kier alpha value is -1.30. The maximum atomic E-state index is 12.4. The number of aliphatic hydroxyl groups excluding tert-OH is 1. The molecule has 1 aliphatic heterocycles. The van der Waals surface area contributed by atoms with Gasteiger partial charge in [-0.15, -0.1) is 0 Å². The minimum atomic E-state index is -0.646. The Balaban J connectivity index is 2.08. The molecule has 0 spiro atoms. The van der Waals surface area contributed by atoms with Gasteiger partial charge in [0.15, 0.2) is 0 Å². The number of ether oxygens (including phenoxy) is 2. The Bertz CT molecular complexity index is 508. The lowest BCUT2D eigenvalue weighted by Gasteiger charge is -2.16. The van der Waals surface area contributed by atoms with Crippen molar-refractivity contribution in [2.45, 2.75) is 26.1 Å². The fourth-order valence-corrected chi connectivity index (χ4v) is 2.62. The molecular weight excluding hydrogens is 294 g/mol. The zero-order valence-electron chi connectivity index (χ0n) is 12.2. The maximum absolute atomic E-state index is 12.4. The van der Waals surface area contributed by atoms with E-state index in [0.29, 0.717) is 36.1 Å². The number of likely N-dealkylation sites (tertiary alicyclic amines) is 1. The molecule has 2 rings (SSSR count). The van der Waals surface area contributed by atoms with E-state index in [1.807, 2.05) is 13.8 Å². The topological polar surface area (TPSA) is 59.0 Å². The van der Waals surface area contributed by atoms with Gasteiger partial charge in [-0.3, -0.25) is 4.79 Å². The van der Waals surface area contributed by atoms with Crippen molar-refractivity contribution in [2.75, 3.05) is 26.3 Å². The highest BCUT2D eigenvalue weighted by molar-refractivity contribution is 6.32. The highest BCUT2D eigenvalue weighted by atomic mass is 35.5. The van der Waals surface area contributed by atoms with Crippen LogP contribution < -0.4 is 4.74 Å². The summed E-state index contributed by atoms with van der Waals surface area (Å²) in [5, 5.41) is 10.3. The van der Waals surface area contributed by atoms with Crippen molar-refractivity contribution >= 4 is 17.5 Å². The molecule has 1 fully saturated rings. The summed E-state index contributed by atoms with van der Waals surface area (Å²) in [6.45, 7) is 5.42. The monoisotopic (exact) mass is 313 g/mol. The number of amides is 1. The van der Waals surface area contributed by atoms with Crippen LogP contribution in [0.1, 0.15) is 24.2 Å². The Kier molecular flexibility index (Phi) is 5.45. The second-order valence-corrected chi connectivity index (χ2v) is 5.26. The SMILES string of the molecule is CCOc1ccc(C(=O)N2C[C@@H](O)[C@H](OCC)C2)cc1Cl. The number of aliphatic hydroxyl groups is 1. The first kappa shape index (κ1) is 16.1. The van der Waals surface area contributed by atoms with Gasteiger partial charge in [-0.1, -0.05) is 11.6 Å². The van der Waals surface area contributed by atoms with Crippen molar-refractivity contribution in [3.63, 3.8) is 0 Å². The fraction of sp³-hybridized carbons (Fsp3) is 0.533. The van der Waals surface area contributed by atoms with Crippen LogP contribution in [0.4, 0.5) is 0 Å². The molecule has 1 heterocycles. The number of β-amino-alcohol motifs (C(OH)–C–C–N with tert-alkyl or cyclic N) is 1. The Labute approximate surface area is 129 Å². The smallest absolute Gasteiger partial charge is 0.254 e. The van der Waals surface area contributed by atoms with E-state index in [0.717, 1.165) is 0 Å². The molecule has 1 aliphatic rings. The molecule has 1 saturated heterocycles. The summed E-state index contributed by atoms with van der Waals surface area (Å²) in [4.78, 5) is 14.0. The molecule has 0 saturated carbocycles. The van der Waals surface area contributed by atoms with Gasteiger partial charge in [-0.05, 0) is 32.0 Å². The van der Waals surface area contributed by atoms with Gasteiger partial charge >= 0.3 is 0 Å². The molecule has 1 amide bonds. The van der Waals surface area contributed by atoms with Crippen molar-refractivity contribution < 1.29 is 19.4 Å². The summed E-state index contributed by atoms with van der Waals surface area (Å²) >= 11 is 6.10. The summed E-state index contributed by atoms with van der Waals surface area (Å²) in [6, 6.07) is 4.96. The first-order valence-electron chi connectivity index (χ1n) is 7.08. The second kappa shape index (κ2) is 7.11. The van der Waals surface area contributed by atoms with E-state index in [9.17, 15) is 9.90 Å². The molecule has 2 atom stereocenters. The average Bonchev–Trinajstić information content (AvgIpc) is 2.82. The summed E-state index contributed by atoms with van der Waals surface area (Å²) in [6.07, 6.45) is -0.968. The molecule has 0 aromatic heterocycles. The van der Waals surface area contributed by atoms with Crippen LogP contribution in [-0.2, 0) is 4.74 Å². The van der Waals surface area contributed by atoms with Gasteiger partial charge in [-0.25, -0.2) is 0 Å². The third kappa shape index (κ3) is 3.67. The third-order valence-corrected chi connectivity index (χ3v) is 3.68. The lowest BCUT2D eigenvalue weighted by Crippen LogP contribution is -2.30. The molecule has 0 bridgehead atoms. The summed E-state index contributed by atoms with van der Waals surface area (Å²) < 4.78 is 10.8. The Morgan fingerprint density at radius 2 is 2.14 bits per heavy atom. The Morgan fingerprint density at radius 3 is 2.76 bits per heavy atom. The molecule has 6 heteroatoms. The number of rotatable bonds is 5. The van der Waals surface area contributed by atoms with Gasteiger partial charge in [0, 0.05) is 25.3 Å². The number of hydrogen-bond acceptors (Lipinski definition) is 4. The molecular formula is C15H20ClNO4. The van der Waals surface area contributed by atoms with Gasteiger partial charge in [0.05, 0.1) is 17.7 Å². The highest BCUT2D eigenvalue weighted by Gasteiger charge is 2.34. The van der Waals surface area contributed by atoms with Crippen LogP contribution in [0.25, 0.3) is 0 Å². The van der Waals surface area contributed by atoms with E-state index >= 15 is 0 Å². The average molecular weight is 314 g/mol. The summed E-state index contributed by atoms with van der Waals surface area (Å²) in [5.41, 5.74) is 0.479. The van der Waals surface area contributed by atoms with E-state index in [2.05, 4.69) is 0 Å². The van der Waals surface area contributed by atoms with Gasteiger partial charge in [0.25, 0.3) is 5.91 Å². The lowest BCUT2D eigenvalue weighted by molar-refractivity contribution is -0.00237. The van der Waals surface area contributed by atoms with Crippen molar-refractivity contribution in [1.29, 1.82) is 0 Å². The van der Waals surface area contributed by atoms with Crippen LogP contribution in [0.5, 0.6) is 5.75 Å². The van der Waals surface area contributed by atoms with Crippen molar-refractivity contribution in [3.8, 4) is 5.75 Å². The predicted molar refractivity (Wildman–Crippen MR) is 79.9 cm³/mol. The minimum Gasteiger partial charge on any atom is -0.492 e. The van der Waals surface area contributed by atoms with Crippen molar-refractivity contribution in [2.24, 2.45) is 0 Å². The maximum Gasteiger partial charge on any atom is 0.254 e. The van der Waals surface area contributed by atoms with E-state index in [4.69, 9.17) is 21.1 Å². The number of carbonyl (C=O) groups excluding carboxylic acids is 1. The van der Waals surface area contributed by atoms with E-state index < -0.39 is 6.10 Å². The molecule has 0 aliphatic carbocycles. The number of halogens is 1. The minimum absolute atomic E-state index is 0.166. The van der Waals surface area contributed by atoms with Gasteiger partial charge < -0.3 is 19.5 Å². The molecule has 0 radical (unpaired) electrons. The lowest BCUT2D eigenvalue weighted by atomic mass is 10.2. The predicted octanol–water partition coefficient (Wildman–Crippen LogP) is 1.96. The van der Waals surface area contributed by atoms with Gasteiger partial charge in [0.1, 0.15) is 11.9 Å². The molecule has 1 aromatic rings. The van der Waals surface area contributed by atoms with Gasteiger partial charge in [0.2, 0.25) is 0 Å². The molecule has 116 valence electrons. The molecule has 5 nitrogen and oxygen atoms in total. The van der Waals surface area contributed by atoms with Crippen LogP contribution in [0.15, 0.2) is 18.2 Å². The van der Waals surface area contributed by atoms with Gasteiger partial charge in [-0.2, -0.15) is 0 Å². The van der Waals surface area contributed by atoms with Crippen molar-refractivity contribution in [3.05, 3.63) is 28.8 Å². The molecule has 1 aromatic carbocycles. The summed E-state index contributed by atoms with van der Waals surface area (Å²) in [5.74, 6) is 0.394. The highest BCUT2D eigenvalue weighted by Crippen LogP contribution is 2.26. The first-order valence-corrected chi connectivity index (χ1v) is 7.45. The van der Waals surface area contributed by atoms with Crippen LogP contribution >= 0.6 is 11.6 Å². The number of hydrogen-bond donors (Lipinski definition) is 1. The molecule has 21 heavy (non-hydrogen) atoms. The van der Waals surface area contributed by atoms with Crippen molar-refractivity contribution in [1.82, 2.24) is 4.90 Å². The number of benzene rings is 1. The number of carbonyl (C=O) groups is 1. The standard InChI is InChI=1S/C15H20ClNO4/c1-3-20-13-6-5-10(7-11(13)16)15(19)17-8-12(18)14(9-17)21-4-2/h5-7,12,14,18H,3-4,8-9H2,1-2H3/t12-,14-/m1/s1. The fourth-order valence-electron chi connectivity index (χ4n) is 2.39. The van der Waals surface area contributed by atoms with Crippen LogP contribution in [-0.4, -0.2) is 54.4 Å². The zero-order chi connectivity index (χ0) is 15.4. The van der Waals surface area contributed by atoms with E-state index in [1.165, 1.54) is 0 Å². The largest absolute Gasteiger partial charge is 0.492 e. The summed E-state index contributed by atoms with van der Waals surface area (Å²) in [7, 11) is 0. The number of nitrogens with zero attached hydrogens (tertiary/aromatic N) is 1. The quantitative estimate of drug-likeness (QED) is 0.903. The van der Waals surface area contributed by atoms with Crippen LogP contribution in [0, 0.1) is 0 Å². The Morgan fingerprint density at radius 1 is 1.38 bits per heavy atom. The molecule has 1 N–H and O–H groups in total. The third-order valence-electron chi connectivity index (χ3n) is 3.38. The zero-order valence-corrected chi connectivity index (χ0v) is 13.0. The van der Waals surface area contributed by atoms with E-state index in [1.54, 1.807) is 23.1 Å². The van der Waals surface area contributed by atoms with Crippen LogP contribution in [0.3, 0.4) is 0 Å². The normalized spacial score (nSPS) is 21.6. The molecule has 0 unspecified atom stereocenters. The van der Waals surface area contributed by atoms with Crippen LogP contribution in [0.2, 0.25) is 5.02 Å². The second-order valence-electron chi connectivity index (χ2n) is 4.85. The van der Waals surface area contributed by atoms with E-state index in [-0.39, 0.29) is 18.6 Å². The first-order chi connectivity index (χ1) is 10.1.